The number of hydrogen-bond donors (Lipinski definition) is 1. The number of para-hydroxylation sites is 1. The van der Waals surface area contributed by atoms with Crippen molar-refractivity contribution in [1.82, 2.24) is 4.98 Å². The van der Waals surface area contributed by atoms with Crippen molar-refractivity contribution in [1.29, 1.82) is 0 Å². The number of carboxylic acids is 1. The maximum atomic E-state index is 10.8. The van der Waals surface area contributed by atoms with Crippen molar-refractivity contribution in [3.05, 3.63) is 29.3 Å². The zero-order valence-corrected chi connectivity index (χ0v) is 9.46. The Bertz CT molecular complexity index is 524. The minimum absolute atomic E-state index is 0.157. The molecule has 2 aromatic rings. The summed E-state index contributed by atoms with van der Waals surface area (Å²) in [4.78, 5) is 15.4. The number of aliphatic carboxylic acids is 1. The largest absolute Gasteiger partial charge is 0.481 e. The average molecular weight is 233 g/mol. The smallest absolute Gasteiger partial charge is 0.304 e. The number of rotatable bonds is 3. The van der Waals surface area contributed by atoms with Gasteiger partial charge in [0.2, 0.25) is 0 Å². The molecule has 3 nitrogen and oxygen atoms in total. The van der Waals surface area contributed by atoms with E-state index in [9.17, 15) is 4.79 Å². The lowest BCUT2D eigenvalue weighted by Crippen LogP contribution is -2.12. The number of aromatic nitrogens is 1. The van der Waals surface area contributed by atoms with Crippen molar-refractivity contribution < 1.29 is 9.90 Å². The molecular formula is C12H11NO2S. The highest BCUT2D eigenvalue weighted by Crippen LogP contribution is 2.52. The highest BCUT2D eigenvalue weighted by atomic mass is 32.1. The topological polar surface area (TPSA) is 50.2 Å². The fraction of sp³-hybridized carbons (Fsp3) is 0.333. The highest BCUT2D eigenvalue weighted by Gasteiger charge is 2.48. The molecular weight excluding hydrogens is 222 g/mol. The molecule has 16 heavy (non-hydrogen) atoms. The first-order chi connectivity index (χ1) is 7.70. The van der Waals surface area contributed by atoms with Crippen molar-refractivity contribution in [2.24, 2.45) is 0 Å². The second kappa shape index (κ2) is 3.28. The van der Waals surface area contributed by atoms with E-state index in [1.165, 1.54) is 0 Å². The lowest BCUT2D eigenvalue weighted by Gasteiger charge is -2.06. The van der Waals surface area contributed by atoms with Crippen LogP contribution in [0, 0.1) is 0 Å². The molecule has 0 aliphatic heterocycles. The van der Waals surface area contributed by atoms with Gasteiger partial charge in [0.05, 0.1) is 16.6 Å². The quantitative estimate of drug-likeness (QED) is 0.886. The van der Waals surface area contributed by atoms with Gasteiger partial charge >= 0.3 is 5.97 Å². The molecule has 4 heteroatoms. The van der Waals surface area contributed by atoms with E-state index in [0.717, 1.165) is 28.1 Å². The Morgan fingerprint density at radius 2 is 2.19 bits per heavy atom. The molecule has 3 rings (SSSR count). The van der Waals surface area contributed by atoms with Gasteiger partial charge in [-0.05, 0) is 25.0 Å². The van der Waals surface area contributed by atoms with Crippen LogP contribution in [0.25, 0.3) is 10.2 Å². The molecule has 0 amide bonds. The van der Waals surface area contributed by atoms with Crippen LogP contribution in [0.5, 0.6) is 0 Å². The Kier molecular flexibility index (Phi) is 2.01. The second-order valence-corrected chi connectivity index (χ2v) is 5.37. The summed E-state index contributed by atoms with van der Waals surface area (Å²) >= 11 is 1.63. The zero-order valence-electron chi connectivity index (χ0n) is 8.64. The maximum absolute atomic E-state index is 10.8. The van der Waals surface area contributed by atoms with Gasteiger partial charge in [-0.1, -0.05) is 12.1 Å². The molecule has 0 saturated heterocycles. The number of carbonyl (C=O) groups is 1. The van der Waals surface area contributed by atoms with E-state index in [1.807, 2.05) is 24.3 Å². The Morgan fingerprint density at radius 1 is 1.44 bits per heavy atom. The van der Waals surface area contributed by atoms with E-state index in [1.54, 1.807) is 11.3 Å². The SMILES string of the molecule is O=C(O)CC1(c2nc3ccccc3s2)CC1. The molecule has 1 aliphatic carbocycles. The van der Waals surface area contributed by atoms with Crippen molar-refractivity contribution in [2.75, 3.05) is 0 Å². The fourth-order valence-electron chi connectivity index (χ4n) is 2.01. The van der Waals surface area contributed by atoms with Crippen LogP contribution in [0.3, 0.4) is 0 Å². The second-order valence-electron chi connectivity index (χ2n) is 4.34. The lowest BCUT2D eigenvalue weighted by molar-refractivity contribution is -0.137. The molecule has 1 fully saturated rings. The summed E-state index contributed by atoms with van der Waals surface area (Å²) in [6.07, 6.45) is 2.13. The van der Waals surface area contributed by atoms with Crippen LogP contribution >= 0.6 is 11.3 Å². The van der Waals surface area contributed by atoms with Gasteiger partial charge in [-0.15, -0.1) is 11.3 Å². The van der Waals surface area contributed by atoms with Gasteiger partial charge < -0.3 is 5.11 Å². The van der Waals surface area contributed by atoms with E-state index < -0.39 is 5.97 Å². The third-order valence-electron chi connectivity index (χ3n) is 3.09. The number of thiazole rings is 1. The molecule has 1 aliphatic rings. The molecule has 1 aromatic heterocycles. The fourth-order valence-corrected chi connectivity index (χ4v) is 3.22. The number of carboxylic acid groups (broad SMARTS) is 1. The molecule has 0 unspecified atom stereocenters. The van der Waals surface area contributed by atoms with Gasteiger partial charge in [0.1, 0.15) is 5.01 Å². The maximum Gasteiger partial charge on any atom is 0.304 e. The molecule has 0 bridgehead atoms. The van der Waals surface area contributed by atoms with Gasteiger partial charge in [0.15, 0.2) is 0 Å². The Morgan fingerprint density at radius 3 is 2.81 bits per heavy atom. The molecule has 0 radical (unpaired) electrons. The third-order valence-corrected chi connectivity index (χ3v) is 4.37. The van der Waals surface area contributed by atoms with Gasteiger partial charge in [-0.3, -0.25) is 4.79 Å². The minimum Gasteiger partial charge on any atom is -0.481 e. The molecule has 0 atom stereocenters. The first-order valence-corrected chi connectivity index (χ1v) is 6.09. The van der Waals surface area contributed by atoms with Gasteiger partial charge in [0.25, 0.3) is 0 Å². The summed E-state index contributed by atoms with van der Waals surface area (Å²) in [7, 11) is 0. The normalized spacial score (nSPS) is 17.5. The van der Waals surface area contributed by atoms with Crippen molar-refractivity contribution >= 4 is 27.5 Å². The van der Waals surface area contributed by atoms with Gasteiger partial charge in [-0.25, -0.2) is 4.98 Å². The van der Waals surface area contributed by atoms with Crippen LogP contribution in [0.15, 0.2) is 24.3 Å². The zero-order chi connectivity index (χ0) is 11.2. The summed E-state index contributed by atoms with van der Waals surface area (Å²) in [5.74, 6) is -0.725. The summed E-state index contributed by atoms with van der Waals surface area (Å²) < 4.78 is 1.15. The van der Waals surface area contributed by atoms with Crippen LogP contribution < -0.4 is 0 Å². The first kappa shape index (κ1) is 9.78. The van der Waals surface area contributed by atoms with Crippen LogP contribution in [-0.4, -0.2) is 16.1 Å². The van der Waals surface area contributed by atoms with Crippen LogP contribution in [-0.2, 0) is 10.2 Å². The van der Waals surface area contributed by atoms with Gasteiger partial charge in [-0.2, -0.15) is 0 Å². The number of nitrogens with zero attached hydrogens (tertiary/aromatic N) is 1. The van der Waals surface area contributed by atoms with E-state index in [4.69, 9.17) is 5.11 Å². The van der Waals surface area contributed by atoms with E-state index in [-0.39, 0.29) is 11.8 Å². The number of benzene rings is 1. The summed E-state index contributed by atoms with van der Waals surface area (Å²) in [5.41, 5.74) is 0.828. The number of fused-ring (bicyclic) bond motifs is 1. The third kappa shape index (κ3) is 1.50. The van der Waals surface area contributed by atoms with Crippen molar-refractivity contribution in [3.8, 4) is 0 Å². The van der Waals surface area contributed by atoms with Crippen LogP contribution in [0.2, 0.25) is 0 Å². The molecule has 0 spiro atoms. The molecule has 1 saturated carbocycles. The molecule has 1 N–H and O–H groups in total. The van der Waals surface area contributed by atoms with Crippen molar-refractivity contribution in [3.63, 3.8) is 0 Å². The Balaban J connectivity index is 2.03. The standard InChI is InChI=1S/C12H11NO2S/c14-10(15)7-12(5-6-12)11-13-8-3-1-2-4-9(8)16-11/h1-4H,5-7H2,(H,14,15). The number of hydrogen-bond acceptors (Lipinski definition) is 3. The summed E-state index contributed by atoms with van der Waals surface area (Å²) in [6, 6.07) is 7.96. The van der Waals surface area contributed by atoms with Crippen molar-refractivity contribution in [2.45, 2.75) is 24.7 Å². The molecule has 1 heterocycles. The summed E-state index contributed by atoms with van der Waals surface area (Å²) in [5, 5.41) is 9.90. The van der Waals surface area contributed by atoms with E-state index in [0.29, 0.717) is 0 Å². The molecule has 82 valence electrons. The Hall–Kier alpha value is -1.42. The Labute approximate surface area is 96.7 Å². The van der Waals surface area contributed by atoms with Crippen LogP contribution in [0.1, 0.15) is 24.3 Å². The molecule has 1 aromatic carbocycles. The summed E-state index contributed by atoms with van der Waals surface area (Å²) in [6.45, 7) is 0. The predicted molar refractivity (Wildman–Crippen MR) is 62.8 cm³/mol. The first-order valence-electron chi connectivity index (χ1n) is 5.27. The minimum atomic E-state index is -0.725. The van der Waals surface area contributed by atoms with E-state index >= 15 is 0 Å². The monoisotopic (exact) mass is 233 g/mol. The highest BCUT2D eigenvalue weighted by molar-refractivity contribution is 7.18. The van der Waals surface area contributed by atoms with Gasteiger partial charge in [0, 0.05) is 5.41 Å². The predicted octanol–water partition coefficient (Wildman–Crippen LogP) is 2.80. The lowest BCUT2D eigenvalue weighted by atomic mass is 10.0. The average Bonchev–Trinajstić information content (AvgIpc) is 2.89. The van der Waals surface area contributed by atoms with E-state index in [2.05, 4.69) is 4.98 Å². The van der Waals surface area contributed by atoms with Crippen LogP contribution in [0.4, 0.5) is 0 Å².